The molecule has 0 saturated heterocycles. The molecule has 0 bridgehead atoms. The predicted octanol–water partition coefficient (Wildman–Crippen LogP) is 2.90. The molecule has 0 radical (unpaired) electrons. The van der Waals surface area contributed by atoms with Crippen molar-refractivity contribution in [2.45, 2.75) is 13.1 Å². The number of hydrogen-bond donors (Lipinski definition) is 0. The summed E-state index contributed by atoms with van der Waals surface area (Å²) >= 11 is 3.47. The summed E-state index contributed by atoms with van der Waals surface area (Å²) in [4.78, 5) is 6.70. The van der Waals surface area contributed by atoms with Crippen LogP contribution in [0.15, 0.2) is 28.9 Å². The second kappa shape index (κ2) is 4.48. The van der Waals surface area contributed by atoms with Crippen molar-refractivity contribution in [3.8, 4) is 11.4 Å². The average molecular weight is 310 g/mol. The largest absolute Gasteiger partial charge is 0.324 e. The van der Waals surface area contributed by atoms with Gasteiger partial charge in [-0.3, -0.25) is 4.90 Å². The Kier molecular flexibility index (Phi) is 2.95. The van der Waals surface area contributed by atoms with E-state index in [1.807, 2.05) is 6.07 Å². The Labute approximate surface area is 113 Å². The third kappa shape index (κ3) is 1.87. The zero-order valence-electron chi connectivity index (χ0n) is 10.0. The first-order valence-corrected chi connectivity index (χ1v) is 6.64. The summed E-state index contributed by atoms with van der Waals surface area (Å²) in [6.07, 6.45) is 0. The molecule has 3 rings (SSSR count). The SMILES string of the molecule is CN1CCn2c(-c3ccccc3F)nc(Br)c2C1. The molecule has 2 heterocycles. The third-order valence-electron chi connectivity index (χ3n) is 3.26. The second-order valence-corrected chi connectivity index (χ2v) is 5.29. The maximum atomic E-state index is 13.9. The maximum absolute atomic E-state index is 13.9. The monoisotopic (exact) mass is 309 g/mol. The van der Waals surface area contributed by atoms with E-state index in [1.54, 1.807) is 12.1 Å². The molecule has 18 heavy (non-hydrogen) atoms. The number of hydrogen-bond acceptors (Lipinski definition) is 2. The highest BCUT2D eigenvalue weighted by Gasteiger charge is 2.23. The van der Waals surface area contributed by atoms with Crippen LogP contribution in [0.1, 0.15) is 5.69 Å². The van der Waals surface area contributed by atoms with Crippen molar-refractivity contribution in [1.82, 2.24) is 14.5 Å². The van der Waals surface area contributed by atoms with Crippen LogP contribution in [0, 0.1) is 5.82 Å². The molecule has 94 valence electrons. The summed E-state index contributed by atoms with van der Waals surface area (Å²) < 4.78 is 16.8. The predicted molar refractivity (Wildman–Crippen MR) is 71.7 cm³/mol. The average Bonchev–Trinajstić information content (AvgIpc) is 2.67. The summed E-state index contributed by atoms with van der Waals surface area (Å²) in [5.41, 5.74) is 1.68. The molecule has 0 atom stereocenters. The molecule has 0 saturated carbocycles. The zero-order valence-corrected chi connectivity index (χ0v) is 11.6. The summed E-state index contributed by atoms with van der Waals surface area (Å²) in [6.45, 7) is 2.63. The number of aromatic nitrogens is 2. The first-order valence-electron chi connectivity index (χ1n) is 5.85. The lowest BCUT2D eigenvalue weighted by Crippen LogP contribution is -2.30. The molecular weight excluding hydrogens is 297 g/mol. The number of benzene rings is 1. The molecule has 1 aromatic carbocycles. The van der Waals surface area contributed by atoms with E-state index >= 15 is 0 Å². The van der Waals surface area contributed by atoms with Crippen LogP contribution in [0.5, 0.6) is 0 Å². The van der Waals surface area contributed by atoms with E-state index in [-0.39, 0.29) is 5.82 Å². The lowest BCUT2D eigenvalue weighted by molar-refractivity contribution is 0.270. The van der Waals surface area contributed by atoms with Gasteiger partial charge in [-0.05, 0) is 35.1 Å². The van der Waals surface area contributed by atoms with E-state index in [1.165, 1.54) is 6.07 Å². The quantitative estimate of drug-likeness (QED) is 0.807. The van der Waals surface area contributed by atoms with Gasteiger partial charge in [-0.15, -0.1) is 0 Å². The molecule has 1 aliphatic heterocycles. The van der Waals surface area contributed by atoms with Gasteiger partial charge in [0.25, 0.3) is 0 Å². The fourth-order valence-corrected chi connectivity index (χ4v) is 2.81. The Hall–Kier alpha value is -1.20. The smallest absolute Gasteiger partial charge is 0.144 e. The molecule has 0 unspecified atom stereocenters. The van der Waals surface area contributed by atoms with Crippen molar-refractivity contribution in [3.05, 3.63) is 40.4 Å². The van der Waals surface area contributed by atoms with Gasteiger partial charge in [0.2, 0.25) is 0 Å². The fraction of sp³-hybridized carbons (Fsp3) is 0.308. The van der Waals surface area contributed by atoms with E-state index in [0.717, 1.165) is 29.9 Å². The molecule has 0 fully saturated rings. The van der Waals surface area contributed by atoms with Crippen molar-refractivity contribution in [1.29, 1.82) is 0 Å². The number of fused-ring (bicyclic) bond motifs is 1. The highest BCUT2D eigenvalue weighted by atomic mass is 79.9. The van der Waals surface area contributed by atoms with Crippen molar-refractivity contribution < 1.29 is 4.39 Å². The van der Waals surface area contributed by atoms with E-state index in [0.29, 0.717) is 11.4 Å². The number of nitrogens with zero attached hydrogens (tertiary/aromatic N) is 3. The summed E-state index contributed by atoms with van der Waals surface area (Å²) in [5, 5.41) is 0. The van der Waals surface area contributed by atoms with Crippen LogP contribution >= 0.6 is 15.9 Å². The third-order valence-corrected chi connectivity index (χ3v) is 3.90. The van der Waals surface area contributed by atoms with Gasteiger partial charge in [0.1, 0.15) is 16.2 Å². The second-order valence-electron chi connectivity index (χ2n) is 4.54. The van der Waals surface area contributed by atoms with Crippen LogP contribution in [0.25, 0.3) is 11.4 Å². The van der Waals surface area contributed by atoms with Gasteiger partial charge in [-0.25, -0.2) is 9.37 Å². The minimum absolute atomic E-state index is 0.225. The molecule has 2 aromatic rings. The van der Waals surface area contributed by atoms with Crippen molar-refractivity contribution in [2.75, 3.05) is 13.6 Å². The lowest BCUT2D eigenvalue weighted by Gasteiger charge is -2.25. The van der Waals surface area contributed by atoms with E-state index in [9.17, 15) is 4.39 Å². The van der Waals surface area contributed by atoms with Crippen LogP contribution in [-0.4, -0.2) is 28.0 Å². The molecule has 0 aliphatic carbocycles. The van der Waals surface area contributed by atoms with Crippen LogP contribution in [0.3, 0.4) is 0 Å². The van der Waals surface area contributed by atoms with Crippen molar-refractivity contribution in [3.63, 3.8) is 0 Å². The van der Waals surface area contributed by atoms with Crippen molar-refractivity contribution in [2.24, 2.45) is 0 Å². The zero-order chi connectivity index (χ0) is 12.7. The standard InChI is InChI=1S/C13H13BrFN3/c1-17-6-7-18-11(8-17)12(14)16-13(18)9-4-2-3-5-10(9)15/h2-5H,6-8H2,1H3. The number of likely N-dealkylation sites (N-methyl/N-ethyl adjacent to an activating group) is 1. The fourth-order valence-electron chi connectivity index (χ4n) is 2.30. The van der Waals surface area contributed by atoms with Gasteiger partial charge >= 0.3 is 0 Å². The van der Waals surface area contributed by atoms with Crippen LogP contribution in [0.2, 0.25) is 0 Å². The first kappa shape index (κ1) is 11.9. The van der Waals surface area contributed by atoms with E-state index in [2.05, 4.69) is 37.4 Å². The Morgan fingerprint density at radius 2 is 2.06 bits per heavy atom. The van der Waals surface area contributed by atoms with Gasteiger partial charge in [0.15, 0.2) is 0 Å². The lowest BCUT2D eigenvalue weighted by atomic mass is 10.2. The van der Waals surface area contributed by atoms with E-state index < -0.39 is 0 Å². The molecule has 1 aliphatic rings. The van der Waals surface area contributed by atoms with Gasteiger partial charge < -0.3 is 4.57 Å². The van der Waals surface area contributed by atoms with E-state index in [4.69, 9.17) is 0 Å². The minimum atomic E-state index is -0.225. The van der Waals surface area contributed by atoms with Gasteiger partial charge in [-0.2, -0.15) is 0 Å². The van der Waals surface area contributed by atoms with Crippen molar-refractivity contribution >= 4 is 15.9 Å². The molecule has 0 amide bonds. The molecule has 1 aromatic heterocycles. The highest BCUT2D eigenvalue weighted by molar-refractivity contribution is 9.10. The van der Waals surface area contributed by atoms with Crippen LogP contribution in [0.4, 0.5) is 4.39 Å². The normalized spacial score (nSPS) is 15.7. The Morgan fingerprint density at radius 1 is 1.28 bits per heavy atom. The van der Waals surface area contributed by atoms with Crippen LogP contribution in [-0.2, 0) is 13.1 Å². The Balaban J connectivity index is 2.15. The summed E-state index contributed by atoms with van der Waals surface area (Å²) in [6, 6.07) is 6.78. The maximum Gasteiger partial charge on any atom is 0.144 e. The Morgan fingerprint density at radius 3 is 2.83 bits per heavy atom. The first-order chi connectivity index (χ1) is 8.66. The number of rotatable bonds is 1. The minimum Gasteiger partial charge on any atom is -0.324 e. The topological polar surface area (TPSA) is 21.1 Å². The number of halogens is 2. The Bertz CT molecular complexity index is 594. The van der Waals surface area contributed by atoms with Gasteiger partial charge in [0.05, 0.1) is 11.3 Å². The molecular formula is C13H13BrFN3. The van der Waals surface area contributed by atoms with Crippen LogP contribution < -0.4 is 0 Å². The highest BCUT2D eigenvalue weighted by Crippen LogP contribution is 2.30. The molecule has 3 nitrogen and oxygen atoms in total. The summed E-state index contributed by atoms with van der Waals surface area (Å²) in [7, 11) is 2.08. The molecule has 0 spiro atoms. The number of imidazole rings is 1. The van der Waals surface area contributed by atoms with Gasteiger partial charge in [-0.1, -0.05) is 12.1 Å². The van der Waals surface area contributed by atoms with Gasteiger partial charge in [0, 0.05) is 19.6 Å². The summed E-state index contributed by atoms with van der Waals surface area (Å²) in [5.74, 6) is 0.486. The molecule has 5 heteroatoms. The molecule has 0 N–H and O–H groups in total.